The molecule has 88 valence electrons. The quantitative estimate of drug-likeness (QED) is 0.705. The van der Waals surface area contributed by atoms with Gasteiger partial charge >= 0.3 is 5.97 Å². The predicted molar refractivity (Wildman–Crippen MR) is 58.6 cm³/mol. The van der Waals surface area contributed by atoms with Gasteiger partial charge in [-0.25, -0.2) is 0 Å². The molecule has 0 aliphatic rings. The summed E-state index contributed by atoms with van der Waals surface area (Å²) >= 11 is 0. The van der Waals surface area contributed by atoms with E-state index in [-0.39, 0.29) is 18.4 Å². The molecule has 0 unspecified atom stereocenters. The summed E-state index contributed by atoms with van der Waals surface area (Å²) < 4.78 is 0. The maximum Gasteiger partial charge on any atom is 0.303 e. The highest BCUT2D eigenvalue weighted by Crippen LogP contribution is 2.09. The summed E-state index contributed by atoms with van der Waals surface area (Å²) in [5, 5.41) is 8.44. The molecule has 0 fully saturated rings. The fourth-order valence-electron chi connectivity index (χ4n) is 1.61. The Kier molecular flexibility index (Phi) is 6.75. The molecule has 1 amide bonds. The van der Waals surface area contributed by atoms with Crippen molar-refractivity contribution in [2.24, 2.45) is 0 Å². The fraction of sp³-hybridized carbons (Fsp3) is 0.818. The number of aliphatic carboxylic acids is 1. The molecule has 0 saturated heterocycles. The summed E-state index contributed by atoms with van der Waals surface area (Å²) in [7, 11) is 1.79. The highest BCUT2D eigenvalue weighted by molar-refractivity contribution is 5.77. The van der Waals surface area contributed by atoms with Crippen molar-refractivity contribution < 1.29 is 14.7 Å². The van der Waals surface area contributed by atoms with E-state index in [2.05, 4.69) is 13.8 Å². The van der Waals surface area contributed by atoms with Crippen molar-refractivity contribution in [3.05, 3.63) is 0 Å². The van der Waals surface area contributed by atoms with Crippen molar-refractivity contribution in [3.8, 4) is 0 Å². The lowest BCUT2D eigenvalue weighted by Gasteiger charge is -2.26. The third kappa shape index (κ3) is 5.40. The molecule has 4 heteroatoms. The molecular weight excluding hydrogens is 194 g/mol. The van der Waals surface area contributed by atoms with Crippen LogP contribution in [-0.4, -0.2) is 35.0 Å². The number of carbonyl (C=O) groups excluding carboxylic acids is 1. The van der Waals surface area contributed by atoms with Gasteiger partial charge in [0.2, 0.25) is 5.91 Å². The first kappa shape index (κ1) is 13.9. The molecular formula is C11H21NO3. The van der Waals surface area contributed by atoms with Gasteiger partial charge in [0.1, 0.15) is 0 Å². The number of rotatable bonds is 7. The summed E-state index contributed by atoms with van der Waals surface area (Å²) in [6, 6.07) is 0.280. The molecule has 0 aromatic carbocycles. The molecule has 0 aromatic heterocycles. The van der Waals surface area contributed by atoms with Gasteiger partial charge in [0.05, 0.1) is 0 Å². The third-order valence-corrected chi connectivity index (χ3v) is 2.66. The van der Waals surface area contributed by atoms with Crippen LogP contribution in [0.2, 0.25) is 0 Å². The second-order valence-corrected chi connectivity index (χ2v) is 3.72. The average molecular weight is 215 g/mol. The van der Waals surface area contributed by atoms with Crippen molar-refractivity contribution in [2.45, 2.75) is 52.0 Å². The zero-order valence-corrected chi connectivity index (χ0v) is 9.82. The van der Waals surface area contributed by atoms with Crippen molar-refractivity contribution in [1.82, 2.24) is 4.90 Å². The number of carbonyl (C=O) groups is 2. The van der Waals surface area contributed by atoms with Gasteiger partial charge in [-0.05, 0) is 19.3 Å². The normalized spacial score (nSPS) is 10.4. The fourth-order valence-corrected chi connectivity index (χ4v) is 1.61. The van der Waals surface area contributed by atoms with Crippen LogP contribution in [0.5, 0.6) is 0 Å². The summed E-state index contributed by atoms with van der Waals surface area (Å²) in [5.74, 6) is -0.794. The molecule has 1 N–H and O–H groups in total. The number of amides is 1. The van der Waals surface area contributed by atoms with E-state index in [1.54, 1.807) is 11.9 Å². The molecule has 0 atom stereocenters. The number of hydrogen-bond acceptors (Lipinski definition) is 2. The molecule has 0 saturated carbocycles. The number of hydrogen-bond donors (Lipinski definition) is 1. The lowest BCUT2D eigenvalue weighted by atomic mass is 10.1. The van der Waals surface area contributed by atoms with E-state index in [1.807, 2.05) is 0 Å². The Labute approximate surface area is 91.3 Å². The zero-order chi connectivity index (χ0) is 11.8. The molecule has 0 rings (SSSR count). The molecule has 0 radical (unpaired) electrons. The Morgan fingerprint density at radius 1 is 1.20 bits per heavy atom. The summed E-state index contributed by atoms with van der Waals surface area (Å²) in [6.07, 6.45) is 2.72. The lowest BCUT2D eigenvalue weighted by Crippen LogP contribution is -2.36. The van der Waals surface area contributed by atoms with Crippen LogP contribution in [0.1, 0.15) is 46.0 Å². The van der Waals surface area contributed by atoms with Crippen LogP contribution < -0.4 is 0 Å². The van der Waals surface area contributed by atoms with Crippen LogP contribution in [0.25, 0.3) is 0 Å². The van der Waals surface area contributed by atoms with Crippen molar-refractivity contribution in [3.63, 3.8) is 0 Å². The Bertz CT molecular complexity index is 212. The van der Waals surface area contributed by atoms with E-state index < -0.39 is 5.97 Å². The van der Waals surface area contributed by atoms with Crippen LogP contribution in [0.15, 0.2) is 0 Å². The van der Waals surface area contributed by atoms with Gasteiger partial charge in [-0.1, -0.05) is 13.8 Å². The van der Waals surface area contributed by atoms with Crippen LogP contribution >= 0.6 is 0 Å². The van der Waals surface area contributed by atoms with E-state index in [0.29, 0.717) is 12.8 Å². The van der Waals surface area contributed by atoms with E-state index in [4.69, 9.17) is 5.11 Å². The third-order valence-electron chi connectivity index (χ3n) is 2.66. The molecule has 4 nitrogen and oxygen atoms in total. The molecule has 0 aliphatic heterocycles. The first-order valence-corrected chi connectivity index (χ1v) is 5.50. The van der Waals surface area contributed by atoms with Gasteiger partial charge in [0.15, 0.2) is 0 Å². The van der Waals surface area contributed by atoms with E-state index in [9.17, 15) is 9.59 Å². The first-order valence-electron chi connectivity index (χ1n) is 5.50. The minimum Gasteiger partial charge on any atom is -0.481 e. The van der Waals surface area contributed by atoms with E-state index in [1.165, 1.54) is 0 Å². The molecule has 15 heavy (non-hydrogen) atoms. The number of nitrogens with zero attached hydrogens (tertiary/aromatic N) is 1. The standard InChI is InChI=1S/C11H21NO3/c1-4-9(5-2)12(3)10(13)7-6-8-11(14)15/h9H,4-8H2,1-3H3,(H,14,15). The Morgan fingerprint density at radius 3 is 2.13 bits per heavy atom. The Hall–Kier alpha value is -1.06. The second kappa shape index (κ2) is 7.26. The van der Waals surface area contributed by atoms with Gasteiger partial charge in [-0.3, -0.25) is 9.59 Å². The van der Waals surface area contributed by atoms with E-state index >= 15 is 0 Å². The monoisotopic (exact) mass is 215 g/mol. The Balaban J connectivity index is 3.92. The average Bonchev–Trinajstić information content (AvgIpc) is 2.18. The Morgan fingerprint density at radius 2 is 1.73 bits per heavy atom. The summed E-state index contributed by atoms with van der Waals surface area (Å²) in [5.41, 5.74) is 0. The van der Waals surface area contributed by atoms with Crippen molar-refractivity contribution in [2.75, 3.05) is 7.05 Å². The van der Waals surface area contributed by atoms with Crippen LogP contribution in [0, 0.1) is 0 Å². The molecule has 0 heterocycles. The summed E-state index contributed by atoms with van der Waals surface area (Å²) in [4.78, 5) is 23.6. The predicted octanol–water partition coefficient (Wildman–Crippen LogP) is 1.89. The second-order valence-electron chi connectivity index (χ2n) is 3.72. The van der Waals surface area contributed by atoms with Crippen molar-refractivity contribution in [1.29, 1.82) is 0 Å². The number of carboxylic acids is 1. The first-order chi connectivity index (χ1) is 7.02. The molecule has 0 bridgehead atoms. The van der Waals surface area contributed by atoms with Gasteiger partial charge in [-0.2, -0.15) is 0 Å². The molecule has 0 aliphatic carbocycles. The lowest BCUT2D eigenvalue weighted by molar-refractivity contribution is -0.137. The topological polar surface area (TPSA) is 57.6 Å². The maximum atomic E-state index is 11.6. The van der Waals surface area contributed by atoms with Crippen LogP contribution in [0.4, 0.5) is 0 Å². The van der Waals surface area contributed by atoms with Crippen molar-refractivity contribution >= 4 is 11.9 Å². The highest BCUT2D eigenvalue weighted by atomic mass is 16.4. The van der Waals surface area contributed by atoms with Gasteiger partial charge in [-0.15, -0.1) is 0 Å². The smallest absolute Gasteiger partial charge is 0.303 e. The zero-order valence-electron chi connectivity index (χ0n) is 9.82. The van der Waals surface area contributed by atoms with Gasteiger partial charge in [0.25, 0.3) is 0 Å². The van der Waals surface area contributed by atoms with Gasteiger partial charge < -0.3 is 10.0 Å². The minimum atomic E-state index is -0.840. The van der Waals surface area contributed by atoms with Crippen LogP contribution in [0.3, 0.4) is 0 Å². The van der Waals surface area contributed by atoms with Crippen LogP contribution in [-0.2, 0) is 9.59 Å². The minimum absolute atomic E-state index is 0.0463. The van der Waals surface area contributed by atoms with E-state index in [0.717, 1.165) is 12.8 Å². The maximum absolute atomic E-state index is 11.6. The molecule has 0 aromatic rings. The SMILES string of the molecule is CCC(CC)N(C)C(=O)CCCC(=O)O. The highest BCUT2D eigenvalue weighted by Gasteiger charge is 2.16. The summed E-state index contributed by atoms with van der Waals surface area (Å²) in [6.45, 7) is 4.10. The van der Waals surface area contributed by atoms with Gasteiger partial charge in [0, 0.05) is 25.9 Å². The molecule has 0 spiro atoms. The number of carboxylic acid groups (broad SMARTS) is 1. The largest absolute Gasteiger partial charge is 0.481 e.